The zero-order valence-corrected chi connectivity index (χ0v) is 9.90. The third kappa shape index (κ3) is 4.18. The van der Waals surface area contributed by atoms with Crippen LogP contribution in [-0.4, -0.2) is 33.0 Å². The van der Waals surface area contributed by atoms with E-state index in [4.69, 9.17) is 5.11 Å². The molecule has 4 heteroatoms. The van der Waals surface area contributed by atoms with Gasteiger partial charge in [-0.15, -0.1) is 0 Å². The molecule has 0 fully saturated rings. The van der Waals surface area contributed by atoms with E-state index in [-0.39, 0.29) is 24.7 Å². The summed E-state index contributed by atoms with van der Waals surface area (Å²) in [5, 5.41) is 28.6. The van der Waals surface area contributed by atoms with Gasteiger partial charge in [-0.05, 0) is 24.7 Å². The molecule has 0 radical (unpaired) electrons. The molecule has 0 amide bonds. The molecule has 3 N–H and O–H groups in total. The second-order valence-electron chi connectivity index (χ2n) is 4.97. The second-order valence-corrected chi connectivity index (χ2v) is 4.97. The minimum Gasteiger partial charge on any atom is -0.479 e. The number of aliphatic hydroxyl groups excluding tert-OH is 1. The van der Waals surface area contributed by atoms with Crippen LogP contribution in [0.25, 0.3) is 0 Å². The van der Waals surface area contributed by atoms with Crippen LogP contribution in [-0.2, 0) is 4.79 Å². The summed E-state index contributed by atoms with van der Waals surface area (Å²) in [6, 6.07) is 0. The lowest BCUT2D eigenvalue weighted by Gasteiger charge is -2.31. The van der Waals surface area contributed by atoms with Crippen molar-refractivity contribution < 1.29 is 20.1 Å². The van der Waals surface area contributed by atoms with E-state index >= 15 is 0 Å². The summed E-state index contributed by atoms with van der Waals surface area (Å²) in [6.07, 6.45) is -0.858. The number of aliphatic hydroxyl groups is 2. The van der Waals surface area contributed by atoms with Gasteiger partial charge in [-0.2, -0.15) is 0 Å². The molecule has 0 saturated heterocycles. The molecular formula is C11H22O4. The van der Waals surface area contributed by atoms with Crippen LogP contribution in [0.1, 0.15) is 40.5 Å². The van der Waals surface area contributed by atoms with Gasteiger partial charge in [-0.1, -0.05) is 27.7 Å². The maximum atomic E-state index is 11.0. The van der Waals surface area contributed by atoms with E-state index in [9.17, 15) is 15.0 Å². The van der Waals surface area contributed by atoms with Gasteiger partial charge >= 0.3 is 5.97 Å². The maximum absolute atomic E-state index is 11.0. The van der Waals surface area contributed by atoms with Crippen molar-refractivity contribution in [2.24, 2.45) is 11.8 Å². The molecule has 0 aliphatic rings. The van der Waals surface area contributed by atoms with Crippen molar-refractivity contribution in [3.63, 3.8) is 0 Å². The molecule has 2 unspecified atom stereocenters. The van der Waals surface area contributed by atoms with Gasteiger partial charge in [0.2, 0.25) is 0 Å². The highest BCUT2D eigenvalue weighted by atomic mass is 16.4. The molecule has 2 atom stereocenters. The summed E-state index contributed by atoms with van der Waals surface area (Å²) in [6.45, 7) is 7.38. The lowest BCUT2D eigenvalue weighted by atomic mass is 9.84. The molecule has 0 aromatic heterocycles. The van der Waals surface area contributed by atoms with Crippen molar-refractivity contribution in [3.8, 4) is 0 Å². The van der Waals surface area contributed by atoms with E-state index in [2.05, 4.69) is 0 Å². The Kier molecular flexibility index (Phi) is 5.24. The van der Waals surface area contributed by atoms with Crippen LogP contribution in [0, 0.1) is 11.8 Å². The third-order valence-electron chi connectivity index (χ3n) is 2.34. The predicted molar refractivity (Wildman–Crippen MR) is 57.5 cm³/mol. The molecule has 90 valence electrons. The van der Waals surface area contributed by atoms with Crippen LogP contribution in [0.15, 0.2) is 0 Å². The Balaban J connectivity index is 4.69. The first-order chi connectivity index (χ1) is 6.70. The van der Waals surface area contributed by atoms with Gasteiger partial charge in [0, 0.05) is 0 Å². The number of carboxylic acid groups (broad SMARTS) is 1. The monoisotopic (exact) mass is 218 g/mol. The lowest BCUT2D eigenvalue weighted by Crippen LogP contribution is -2.51. The normalized spacial score (nSPS) is 17.9. The van der Waals surface area contributed by atoms with E-state index in [1.54, 1.807) is 0 Å². The molecule has 0 aliphatic carbocycles. The molecule has 0 aromatic rings. The quantitative estimate of drug-likeness (QED) is 0.627. The number of hydrogen-bond donors (Lipinski definition) is 3. The Hall–Kier alpha value is -0.610. The fourth-order valence-corrected chi connectivity index (χ4v) is 1.63. The lowest BCUT2D eigenvalue weighted by molar-refractivity contribution is -0.175. The number of carboxylic acids is 1. The van der Waals surface area contributed by atoms with Crippen molar-refractivity contribution in [1.82, 2.24) is 0 Å². The van der Waals surface area contributed by atoms with Gasteiger partial charge in [0.15, 0.2) is 5.60 Å². The highest BCUT2D eigenvalue weighted by Gasteiger charge is 2.43. The van der Waals surface area contributed by atoms with Crippen LogP contribution in [0.3, 0.4) is 0 Å². The summed E-state index contributed by atoms with van der Waals surface area (Å²) in [5.41, 5.74) is -2.02. The average molecular weight is 218 g/mol. The number of carbonyl (C=O) groups is 1. The van der Waals surface area contributed by atoms with Gasteiger partial charge < -0.3 is 15.3 Å². The molecule has 15 heavy (non-hydrogen) atoms. The highest BCUT2D eigenvalue weighted by molar-refractivity contribution is 5.78. The summed E-state index contributed by atoms with van der Waals surface area (Å²) in [7, 11) is 0. The van der Waals surface area contributed by atoms with E-state index in [0.29, 0.717) is 0 Å². The van der Waals surface area contributed by atoms with Crippen molar-refractivity contribution in [1.29, 1.82) is 0 Å². The van der Waals surface area contributed by atoms with Crippen LogP contribution in [0.4, 0.5) is 0 Å². The molecule has 0 aliphatic heterocycles. The molecule has 0 rings (SSSR count). The topological polar surface area (TPSA) is 77.8 Å². The van der Waals surface area contributed by atoms with Crippen LogP contribution in [0.2, 0.25) is 0 Å². The average Bonchev–Trinajstić information content (AvgIpc) is 2.00. The predicted octanol–water partition coefficient (Wildman–Crippen LogP) is 1.26. The maximum Gasteiger partial charge on any atom is 0.338 e. The summed E-state index contributed by atoms with van der Waals surface area (Å²) < 4.78 is 0. The Morgan fingerprint density at radius 1 is 1.20 bits per heavy atom. The zero-order chi connectivity index (χ0) is 12.2. The van der Waals surface area contributed by atoms with Gasteiger partial charge in [-0.25, -0.2) is 4.79 Å². The second kappa shape index (κ2) is 5.47. The minimum atomic E-state index is -2.02. The van der Waals surface area contributed by atoms with Gasteiger partial charge in [0.05, 0.1) is 6.10 Å². The Labute approximate surface area is 90.9 Å². The van der Waals surface area contributed by atoms with Crippen LogP contribution in [0.5, 0.6) is 0 Å². The summed E-state index contributed by atoms with van der Waals surface area (Å²) >= 11 is 0. The van der Waals surface area contributed by atoms with Gasteiger partial charge in [-0.3, -0.25) is 0 Å². The highest BCUT2D eigenvalue weighted by Crippen LogP contribution is 2.25. The summed E-state index contributed by atoms with van der Waals surface area (Å²) in [4.78, 5) is 11.0. The van der Waals surface area contributed by atoms with E-state index in [1.165, 1.54) is 0 Å². The Morgan fingerprint density at radius 2 is 1.67 bits per heavy atom. The van der Waals surface area contributed by atoms with Gasteiger partial charge in [0.1, 0.15) is 0 Å². The Morgan fingerprint density at radius 3 is 1.93 bits per heavy atom. The zero-order valence-electron chi connectivity index (χ0n) is 9.90. The van der Waals surface area contributed by atoms with Crippen molar-refractivity contribution in [2.75, 3.05) is 0 Å². The standard InChI is InChI=1S/C11H22O4/c1-7(2)5-9(12)11(15,10(13)14)6-8(3)4/h7-9,12,15H,5-6H2,1-4H3,(H,13,14). The van der Waals surface area contributed by atoms with Gasteiger partial charge in [0.25, 0.3) is 0 Å². The molecule has 0 spiro atoms. The molecule has 0 heterocycles. The van der Waals surface area contributed by atoms with Crippen LogP contribution < -0.4 is 0 Å². The third-order valence-corrected chi connectivity index (χ3v) is 2.34. The van der Waals surface area contributed by atoms with E-state index in [0.717, 1.165) is 0 Å². The van der Waals surface area contributed by atoms with Crippen molar-refractivity contribution in [2.45, 2.75) is 52.2 Å². The molecule has 0 aromatic carbocycles. The van der Waals surface area contributed by atoms with Crippen LogP contribution >= 0.6 is 0 Å². The van der Waals surface area contributed by atoms with Crippen molar-refractivity contribution in [3.05, 3.63) is 0 Å². The first-order valence-corrected chi connectivity index (χ1v) is 5.34. The largest absolute Gasteiger partial charge is 0.479 e. The number of aliphatic carboxylic acids is 1. The Bertz CT molecular complexity index is 213. The van der Waals surface area contributed by atoms with E-state index in [1.807, 2.05) is 27.7 Å². The first-order valence-electron chi connectivity index (χ1n) is 5.34. The van der Waals surface area contributed by atoms with Crippen molar-refractivity contribution >= 4 is 5.97 Å². The smallest absolute Gasteiger partial charge is 0.338 e. The molecule has 0 saturated carbocycles. The first kappa shape index (κ1) is 14.4. The number of rotatable bonds is 6. The fraction of sp³-hybridized carbons (Fsp3) is 0.909. The SMILES string of the molecule is CC(C)CC(O)C(O)(CC(C)C)C(=O)O. The summed E-state index contributed by atoms with van der Waals surface area (Å²) in [5.74, 6) is -1.17. The molecule has 4 nitrogen and oxygen atoms in total. The molecular weight excluding hydrogens is 196 g/mol. The van der Waals surface area contributed by atoms with E-state index < -0.39 is 17.7 Å². The fourth-order valence-electron chi connectivity index (χ4n) is 1.63. The number of hydrogen-bond acceptors (Lipinski definition) is 3. The minimum absolute atomic E-state index is 0.0212. The molecule has 0 bridgehead atoms.